The van der Waals surface area contributed by atoms with Gasteiger partial charge in [-0.1, -0.05) is 23.7 Å². The van der Waals surface area contributed by atoms with Gasteiger partial charge >= 0.3 is 0 Å². The molecule has 1 heterocycles. The molecule has 0 spiro atoms. The van der Waals surface area contributed by atoms with E-state index in [0.29, 0.717) is 22.0 Å². The minimum Gasteiger partial charge on any atom is -0.325 e. The second-order valence-electron chi connectivity index (χ2n) is 7.82. The maximum Gasteiger partial charge on any atom is 0.245 e. The molecule has 3 aromatic carbocycles. The fourth-order valence-corrected chi connectivity index (χ4v) is 5.56. The summed E-state index contributed by atoms with van der Waals surface area (Å²) in [5.41, 5.74) is 4.73. The van der Waals surface area contributed by atoms with E-state index in [1.807, 2.05) is 24.3 Å². The van der Waals surface area contributed by atoms with Gasteiger partial charge in [0.1, 0.15) is 11.6 Å². The molecular weight excluding hydrogens is 478 g/mol. The molecule has 6 nitrogen and oxygen atoms in total. The molecule has 33 heavy (non-hydrogen) atoms. The quantitative estimate of drug-likeness (QED) is 0.372. The molecule has 1 aromatic heterocycles. The highest BCUT2D eigenvalue weighted by atomic mass is 35.5. The average molecular weight is 500 g/mol. The molecule has 4 aromatic rings. The topological polar surface area (TPSA) is 79.4 Å². The number of rotatable bonds is 6. The average Bonchev–Trinajstić information content (AvgIpc) is 3.17. The van der Waals surface area contributed by atoms with Crippen molar-refractivity contribution in [3.8, 4) is 10.6 Å². The van der Waals surface area contributed by atoms with Gasteiger partial charge in [-0.2, -0.15) is 0 Å². The Morgan fingerprint density at radius 1 is 1.06 bits per heavy atom. The monoisotopic (exact) mass is 499 g/mol. The summed E-state index contributed by atoms with van der Waals surface area (Å²) in [4.78, 5) is 17.4. The van der Waals surface area contributed by atoms with Crippen LogP contribution in [0.1, 0.15) is 11.1 Å². The van der Waals surface area contributed by atoms with E-state index in [0.717, 1.165) is 31.3 Å². The molecule has 9 heteroatoms. The first-order valence-electron chi connectivity index (χ1n) is 10.1. The largest absolute Gasteiger partial charge is 0.325 e. The van der Waals surface area contributed by atoms with Crippen LogP contribution in [0.25, 0.3) is 20.8 Å². The zero-order chi connectivity index (χ0) is 23.8. The standard InChI is InChI=1S/C24H22ClN3O3S2/c1-15-4-11-20-22(12-15)32-24(27-20)17-6-9-19(10-7-17)26-23(29)14-28(33(3,30)31)21-13-18(25)8-5-16(21)2/h4-13H,14H2,1-3H3,(H,26,29). The van der Waals surface area contributed by atoms with Crippen LogP contribution in [0.2, 0.25) is 5.02 Å². The number of hydrogen-bond acceptors (Lipinski definition) is 5. The molecule has 0 aliphatic heterocycles. The zero-order valence-electron chi connectivity index (χ0n) is 18.3. The minimum absolute atomic E-state index is 0.362. The molecule has 1 N–H and O–H groups in total. The molecule has 0 aliphatic carbocycles. The maximum atomic E-state index is 12.7. The van der Waals surface area contributed by atoms with Gasteiger partial charge in [0.15, 0.2) is 0 Å². The molecule has 0 radical (unpaired) electrons. The van der Waals surface area contributed by atoms with Gasteiger partial charge in [-0.3, -0.25) is 9.10 Å². The Bertz CT molecular complexity index is 1450. The lowest BCUT2D eigenvalue weighted by atomic mass is 10.2. The number of nitrogens with zero attached hydrogens (tertiary/aromatic N) is 2. The van der Waals surface area contributed by atoms with Gasteiger partial charge in [0.2, 0.25) is 15.9 Å². The summed E-state index contributed by atoms with van der Waals surface area (Å²) >= 11 is 7.66. The summed E-state index contributed by atoms with van der Waals surface area (Å²) in [5.74, 6) is -0.456. The third kappa shape index (κ3) is 5.35. The number of halogens is 1. The van der Waals surface area contributed by atoms with Crippen molar-refractivity contribution in [1.29, 1.82) is 0 Å². The highest BCUT2D eigenvalue weighted by Gasteiger charge is 2.23. The zero-order valence-corrected chi connectivity index (χ0v) is 20.7. The third-order valence-electron chi connectivity index (χ3n) is 5.09. The molecule has 1 amide bonds. The third-order valence-corrected chi connectivity index (χ3v) is 7.52. The molecule has 4 rings (SSSR count). The normalized spacial score (nSPS) is 11.5. The fraction of sp³-hybridized carbons (Fsp3) is 0.167. The van der Waals surface area contributed by atoms with Crippen LogP contribution in [0.15, 0.2) is 60.7 Å². The van der Waals surface area contributed by atoms with E-state index in [1.165, 1.54) is 5.56 Å². The highest BCUT2D eigenvalue weighted by molar-refractivity contribution is 7.92. The summed E-state index contributed by atoms with van der Waals surface area (Å²) in [6, 6.07) is 18.4. The summed E-state index contributed by atoms with van der Waals surface area (Å²) in [7, 11) is -3.70. The number of thiazole rings is 1. The van der Waals surface area contributed by atoms with Crippen LogP contribution in [-0.2, 0) is 14.8 Å². The Balaban J connectivity index is 1.51. The predicted octanol–water partition coefficient (Wildman–Crippen LogP) is 5.64. The first kappa shape index (κ1) is 23.2. The lowest BCUT2D eigenvalue weighted by Crippen LogP contribution is -2.37. The number of aryl methyl sites for hydroxylation is 2. The molecular formula is C24H22ClN3O3S2. The van der Waals surface area contributed by atoms with Gasteiger partial charge in [-0.25, -0.2) is 13.4 Å². The second kappa shape index (κ2) is 9.13. The number of benzene rings is 3. The van der Waals surface area contributed by atoms with Crippen molar-refractivity contribution in [2.45, 2.75) is 13.8 Å². The van der Waals surface area contributed by atoms with Crippen molar-refractivity contribution in [3.63, 3.8) is 0 Å². The van der Waals surface area contributed by atoms with Crippen LogP contribution in [0.3, 0.4) is 0 Å². The van der Waals surface area contributed by atoms with E-state index in [-0.39, 0.29) is 6.54 Å². The van der Waals surface area contributed by atoms with Gasteiger partial charge < -0.3 is 5.32 Å². The van der Waals surface area contributed by atoms with Gasteiger partial charge in [0.05, 0.1) is 22.2 Å². The Labute approximate surface area is 201 Å². The van der Waals surface area contributed by atoms with E-state index in [9.17, 15) is 13.2 Å². The van der Waals surface area contributed by atoms with Crippen molar-refractivity contribution >= 4 is 60.5 Å². The Morgan fingerprint density at radius 2 is 1.79 bits per heavy atom. The van der Waals surface area contributed by atoms with Gasteiger partial charge in [-0.15, -0.1) is 11.3 Å². The Hall–Kier alpha value is -2.94. The van der Waals surface area contributed by atoms with Crippen molar-refractivity contribution in [2.24, 2.45) is 0 Å². The lowest BCUT2D eigenvalue weighted by molar-refractivity contribution is -0.114. The van der Waals surface area contributed by atoms with Crippen LogP contribution < -0.4 is 9.62 Å². The number of aromatic nitrogens is 1. The molecule has 0 saturated heterocycles. The molecule has 0 unspecified atom stereocenters. The molecule has 170 valence electrons. The Morgan fingerprint density at radius 3 is 2.48 bits per heavy atom. The molecule has 0 saturated carbocycles. The molecule has 0 atom stereocenters. The fourth-order valence-electron chi connectivity index (χ4n) is 3.41. The number of fused-ring (bicyclic) bond motifs is 1. The van der Waals surface area contributed by atoms with Crippen LogP contribution in [0.5, 0.6) is 0 Å². The van der Waals surface area contributed by atoms with Gasteiger partial charge in [-0.05, 0) is 73.5 Å². The van der Waals surface area contributed by atoms with Crippen LogP contribution in [-0.4, -0.2) is 32.1 Å². The number of sulfonamides is 1. The van der Waals surface area contributed by atoms with E-state index in [1.54, 1.807) is 48.6 Å². The van der Waals surface area contributed by atoms with Gasteiger partial charge in [0.25, 0.3) is 0 Å². The summed E-state index contributed by atoms with van der Waals surface area (Å²) in [6.07, 6.45) is 1.06. The van der Waals surface area contributed by atoms with Crippen LogP contribution in [0.4, 0.5) is 11.4 Å². The predicted molar refractivity (Wildman–Crippen MR) is 137 cm³/mol. The number of carbonyl (C=O) groups is 1. The van der Waals surface area contributed by atoms with E-state index in [4.69, 9.17) is 11.6 Å². The maximum absolute atomic E-state index is 12.7. The van der Waals surface area contributed by atoms with Crippen molar-refractivity contribution < 1.29 is 13.2 Å². The van der Waals surface area contributed by atoms with E-state index < -0.39 is 15.9 Å². The second-order valence-corrected chi connectivity index (χ2v) is 11.2. The van der Waals surface area contributed by atoms with Crippen molar-refractivity contribution in [3.05, 3.63) is 76.8 Å². The molecule has 0 aliphatic rings. The number of amides is 1. The number of nitrogens with one attached hydrogen (secondary N) is 1. The Kier molecular flexibility index (Phi) is 6.43. The van der Waals surface area contributed by atoms with Gasteiger partial charge in [0, 0.05) is 16.3 Å². The SMILES string of the molecule is Cc1ccc2nc(-c3ccc(NC(=O)CN(c4cc(Cl)ccc4C)S(C)(=O)=O)cc3)sc2c1. The van der Waals surface area contributed by atoms with Crippen LogP contribution >= 0.6 is 22.9 Å². The van der Waals surface area contributed by atoms with Crippen molar-refractivity contribution in [2.75, 3.05) is 22.4 Å². The summed E-state index contributed by atoms with van der Waals surface area (Å²) < 4.78 is 26.9. The van der Waals surface area contributed by atoms with E-state index in [2.05, 4.69) is 23.3 Å². The van der Waals surface area contributed by atoms with E-state index >= 15 is 0 Å². The smallest absolute Gasteiger partial charge is 0.245 e. The first-order chi connectivity index (χ1) is 15.6. The molecule has 0 fully saturated rings. The number of hydrogen-bond donors (Lipinski definition) is 1. The summed E-state index contributed by atoms with van der Waals surface area (Å²) in [6.45, 7) is 3.46. The summed E-state index contributed by atoms with van der Waals surface area (Å²) in [5, 5.41) is 4.06. The first-order valence-corrected chi connectivity index (χ1v) is 13.2. The van der Waals surface area contributed by atoms with Crippen LogP contribution in [0, 0.1) is 13.8 Å². The number of carbonyl (C=O) groups excluding carboxylic acids is 1. The van der Waals surface area contributed by atoms with Crippen molar-refractivity contribution in [1.82, 2.24) is 4.98 Å². The highest BCUT2D eigenvalue weighted by Crippen LogP contribution is 2.31. The lowest BCUT2D eigenvalue weighted by Gasteiger charge is -2.23. The molecule has 0 bridgehead atoms. The minimum atomic E-state index is -3.70. The number of anilines is 2.